The van der Waals surface area contributed by atoms with E-state index < -0.39 is 0 Å². The van der Waals surface area contributed by atoms with Gasteiger partial charge in [-0.1, -0.05) is 11.6 Å². The molecule has 5 nitrogen and oxygen atoms in total. The van der Waals surface area contributed by atoms with E-state index >= 15 is 0 Å². The molecule has 0 atom stereocenters. The van der Waals surface area contributed by atoms with E-state index in [1.54, 1.807) is 25.3 Å². The topological polar surface area (TPSA) is 73.1 Å². The molecule has 94 valence electrons. The number of anilines is 3. The number of ether oxygens (including phenoxy) is 1. The van der Waals surface area contributed by atoms with Gasteiger partial charge < -0.3 is 15.8 Å². The van der Waals surface area contributed by atoms with E-state index in [1.165, 1.54) is 6.33 Å². The van der Waals surface area contributed by atoms with Gasteiger partial charge in [-0.2, -0.15) is 0 Å². The second-order valence-corrected chi connectivity index (χ2v) is 4.13. The lowest BCUT2D eigenvalue weighted by Gasteiger charge is -2.12. The summed E-state index contributed by atoms with van der Waals surface area (Å²) >= 11 is 6.08. The molecule has 0 fully saturated rings. The zero-order chi connectivity index (χ0) is 13.1. The van der Waals surface area contributed by atoms with Crippen molar-refractivity contribution in [2.24, 2.45) is 0 Å². The lowest BCUT2D eigenvalue weighted by Crippen LogP contribution is -2.01. The minimum absolute atomic E-state index is 0.521. The number of methoxy groups -OCH3 is 1. The summed E-state index contributed by atoms with van der Waals surface area (Å²) in [4.78, 5) is 8.16. The summed E-state index contributed by atoms with van der Waals surface area (Å²) in [5, 5.41) is 3.68. The summed E-state index contributed by atoms with van der Waals surface area (Å²) in [6.07, 6.45) is 1.42. The average Bonchev–Trinajstić information content (AvgIpc) is 2.36. The molecule has 1 aromatic heterocycles. The van der Waals surface area contributed by atoms with Crippen LogP contribution in [-0.4, -0.2) is 17.1 Å². The van der Waals surface area contributed by atoms with Crippen molar-refractivity contribution < 1.29 is 4.74 Å². The monoisotopic (exact) mass is 264 g/mol. The summed E-state index contributed by atoms with van der Waals surface area (Å²) in [7, 11) is 1.56. The summed E-state index contributed by atoms with van der Waals surface area (Å²) in [6, 6.07) is 5.21. The molecule has 0 bridgehead atoms. The number of nitrogens with two attached hydrogens (primary N) is 1. The molecule has 3 N–H and O–H groups in total. The van der Waals surface area contributed by atoms with Gasteiger partial charge in [0.1, 0.15) is 12.1 Å². The van der Waals surface area contributed by atoms with Crippen LogP contribution in [0.4, 0.5) is 17.2 Å². The highest BCUT2D eigenvalue weighted by molar-refractivity contribution is 6.33. The number of nitrogens with one attached hydrogen (secondary N) is 1. The van der Waals surface area contributed by atoms with E-state index in [4.69, 9.17) is 22.1 Å². The summed E-state index contributed by atoms with van der Waals surface area (Å²) < 4.78 is 5.13. The van der Waals surface area contributed by atoms with Gasteiger partial charge in [-0.25, -0.2) is 9.97 Å². The molecule has 1 aromatic carbocycles. The van der Waals surface area contributed by atoms with Crippen molar-refractivity contribution in [3.63, 3.8) is 0 Å². The van der Waals surface area contributed by atoms with Crippen LogP contribution < -0.4 is 15.8 Å². The van der Waals surface area contributed by atoms with E-state index in [1.807, 2.05) is 6.92 Å². The SMILES string of the molecule is COc1ncnc(Nc2cc(N)ccc2Cl)c1C. The molecule has 0 saturated heterocycles. The summed E-state index contributed by atoms with van der Waals surface area (Å²) in [5.41, 5.74) is 7.84. The largest absolute Gasteiger partial charge is 0.481 e. The van der Waals surface area contributed by atoms with Crippen LogP contribution in [0.25, 0.3) is 0 Å². The van der Waals surface area contributed by atoms with Gasteiger partial charge in [0.2, 0.25) is 5.88 Å². The number of nitrogen functional groups attached to an aromatic ring is 1. The lowest BCUT2D eigenvalue weighted by atomic mass is 10.2. The molecule has 0 unspecified atom stereocenters. The fraction of sp³-hybridized carbons (Fsp3) is 0.167. The normalized spacial score (nSPS) is 10.2. The van der Waals surface area contributed by atoms with E-state index in [9.17, 15) is 0 Å². The number of nitrogens with zero attached hydrogens (tertiary/aromatic N) is 2. The highest BCUT2D eigenvalue weighted by Gasteiger charge is 2.09. The van der Waals surface area contributed by atoms with Crippen molar-refractivity contribution in [1.82, 2.24) is 9.97 Å². The van der Waals surface area contributed by atoms with Crippen LogP contribution in [0, 0.1) is 6.92 Å². The lowest BCUT2D eigenvalue weighted by molar-refractivity contribution is 0.394. The zero-order valence-corrected chi connectivity index (χ0v) is 10.8. The number of halogens is 1. The van der Waals surface area contributed by atoms with Crippen LogP contribution in [0.2, 0.25) is 5.02 Å². The summed E-state index contributed by atoms with van der Waals surface area (Å²) in [5.74, 6) is 1.15. The van der Waals surface area contributed by atoms with Gasteiger partial charge in [0.05, 0.1) is 23.4 Å². The zero-order valence-electron chi connectivity index (χ0n) is 10.1. The van der Waals surface area contributed by atoms with Crippen molar-refractivity contribution in [2.45, 2.75) is 6.92 Å². The standard InChI is InChI=1S/C12H13ClN4O/c1-7-11(15-6-16-12(7)18-2)17-10-5-8(14)3-4-9(10)13/h3-6H,14H2,1-2H3,(H,15,16,17). The second-order valence-electron chi connectivity index (χ2n) is 3.72. The fourth-order valence-electron chi connectivity index (χ4n) is 1.53. The molecule has 2 rings (SSSR count). The molecule has 0 aliphatic heterocycles. The number of hydrogen-bond donors (Lipinski definition) is 2. The van der Waals surface area contributed by atoms with E-state index in [-0.39, 0.29) is 0 Å². The highest BCUT2D eigenvalue weighted by atomic mass is 35.5. The van der Waals surface area contributed by atoms with E-state index in [0.717, 1.165) is 5.56 Å². The first kappa shape index (κ1) is 12.4. The van der Waals surface area contributed by atoms with Crippen LogP contribution in [0.3, 0.4) is 0 Å². The Morgan fingerprint density at radius 1 is 1.33 bits per heavy atom. The third-order valence-corrected chi connectivity index (χ3v) is 2.80. The Labute approximate surface area is 110 Å². The Hall–Kier alpha value is -2.01. The Morgan fingerprint density at radius 2 is 2.11 bits per heavy atom. The van der Waals surface area contributed by atoms with Crippen molar-refractivity contribution in [2.75, 3.05) is 18.2 Å². The number of hydrogen-bond acceptors (Lipinski definition) is 5. The predicted octanol–water partition coefficient (Wildman–Crippen LogP) is 2.77. The van der Waals surface area contributed by atoms with Gasteiger partial charge >= 0.3 is 0 Å². The maximum absolute atomic E-state index is 6.08. The molecule has 0 aliphatic carbocycles. The number of benzene rings is 1. The molecular weight excluding hydrogens is 252 g/mol. The minimum atomic E-state index is 0.521. The Balaban J connectivity index is 2.37. The predicted molar refractivity (Wildman–Crippen MR) is 72.5 cm³/mol. The third-order valence-electron chi connectivity index (χ3n) is 2.47. The van der Waals surface area contributed by atoms with Crippen LogP contribution in [-0.2, 0) is 0 Å². The quantitative estimate of drug-likeness (QED) is 0.834. The molecule has 0 amide bonds. The second kappa shape index (κ2) is 5.10. The molecule has 6 heteroatoms. The Kier molecular flexibility index (Phi) is 3.53. The number of aromatic nitrogens is 2. The first-order valence-corrected chi connectivity index (χ1v) is 5.67. The molecule has 1 heterocycles. The Bertz CT molecular complexity index is 574. The maximum atomic E-state index is 6.08. The molecule has 0 aliphatic rings. The van der Waals surface area contributed by atoms with Crippen molar-refractivity contribution in [1.29, 1.82) is 0 Å². The van der Waals surface area contributed by atoms with Gasteiger partial charge in [0.15, 0.2) is 0 Å². The summed E-state index contributed by atoms with van der Waals surface area (Å²) in [6.45, 7) is 1.86. The first-order chi connectivity index (χ1) is 8.61. The number of rotatable bonds is 3. The molecule has 2 aromatic rings. The van der Waals surface area contributed by atoms with Crippen LogP contribution in [0.5, 0.6) is 5.88 Å². The smallest absolute Gasteiger partial charge is 0.221 e. The minimum Gasteiger partial charge on any atom is -0.481 e. The van der Waals surface area contributed by atoms with Gasteiger partial charge in [-0.15, -0.1) is 0 Å². The molecule has 18 heavy (non-hydrogen) atoms. The first-order valence-electron chi connectivity index (χ1n) is 5.29. The van der Waals surface area contributed by atoms with Crippen molar-refractivity contribution >= 4 is 28.8 Å². The van der Waals surface area contributed by atoms with Gasteiger partial charge in [0, 0.05) is 5.69 Å². The maximum Gasteiger partial charge on any atom is 0.221 e. The van der Waals surface area contributed by atoms with Crippen LogP contribution in [0.15, 0.2) is 24.5 Å². The molecule has 0 saturated carbocycles. The molecular formula is C12H13ClN4O. The Morgan fingerprint density at radius 3 is 2.83 bits per heavy atom. The van der Waals surface area contributed by atoms with Crippen molar-refractivity contribution in [3.8, 4) is 5.88 Å². The van der Waals surface area contributed by atoms with Gasteiger partial charge in [-0.05, 0) is 25.1 Å². The highest BCUT2D eigenvalue weighted by Crippen LogP contribution is 2.29. The third kappa shape index (κ3) is 2.46. The van der Waals surface area contributed by atoms with E-state index in [0.29, 0.717) is 28.1 Å². The van der Waals surface area contributed by atoms with Crippen LogP contribution >= 0.6 is 11.6 Å². The fourth-order valence-corrected chi connectivity index (χ4v) is 1.70. The van der Waals surface area contributed by atoms with E-state index in [2.05, 4.69) is 15.3 Å². The average molecular weight is 265 g/mol. The molecule has 0 radical (unpaired) electrons. The van der Waals surface area contributed by atoms with Gasteiger partial charge in [0.25, 0.3) is 0 Å². The van der Waals surface area contributed by atoms with Crippen LogP contribution in [0.1, 0.15) is 5.56 Å². The van der Waals surface area contributed by atoms with Gasteiger partial charge in [-0.3, -0.25) is 0 Å². The molecule has 0 spiro atoms. The van der Waals surface area contributed by atoms with Crippen molar-refractivity contribution in [3.05, 3.63) is 35.1 Å².